The van der Waals surface area contributed by atoms with Crippen LogP contribution in [0.25, 0.3) is 0 Å². The normalized spacial score (nSPS) is 12.5. The Bertz CT molecular complexity index is 371. The Morgan fingerprint density at radius 3 is 2.75 bits per heavy atom. The second-order valence-electron chi connectivity index (χ2n) is 4.21. The number of rotatable bonds is 5. The fourth-order valence-electron chi connectivity index (χ4n) is 1.73. The predicted molar refractivity (Wildman–Crippen MR) is 74.7 cm³/mol. The Balaban J connectivity index is 3.01. The monoisotopic (exact) mass is 281 g/mol. The van der Waals surface area contributed by atoms with E-state index in [1.54, 1.807) is 0 Å². The lowest BCUT2D eigenvalue weighted by Gasteiger charge is -2.21. The van der Waals surface area contributed by atoms with E-state index in [-0.39, 0.29) is 6.04 Å². The molecule has 0 aliphatic carbocycles. The van der Waals surface area contributed by atoms with Crippen LogP contribution in [0.3, 0.4) is 0 Å². The third-order valence-corrected chi connectivity index (χ3v) is 3.71. The third kappa shape index (κ3) is 3.19. The molecule has 1 aromatic rings. The van der Waals surface area contributed by atoms with Crippen LogP contribution in [-0.4, -0.2) is 6.54 Å². The van der Waals surface area contributed by atoms with Crippen LogP contribution in [0.2, 0.25) is 0 Å². The molecule has 1 atom stereocenters. The smallest absolute Gasteiger partial charge is 0.0542 e. The number of nitrogens with one attached hydrogen (secondary N) is 1. The molecule has 0 aliphatic rings. The minimum absolute atomic E-state index is 0.245. The second-order valence-corrected chi connectivity index (χ2v) is 5.00. The molecule has 0 aliphatic heterocycles. The van der Waals surface area contributed by atoms with Gasteiger partial charge in [0.05, 0.1) is 6.04 Å². The molecule has 0 radical (unpaired) electrons. The zero-order valence-electron chi connectivity index (χ0n) is 10.3. The highest BCUT2D eigenvalue weighted by atomic mass is 79.9. The van der Waals surface area contributed by atoms with E-state index in [1.165, 1.54) is 15.6 Å². The van der Waals surface area contributed by atoms with Gasteiger partial charge in [0.2, 0.25) is 0 Å². The molecule has 0 fully saturated rings. The highest BCUT2D eigenvalue weighted by molar-refractivity contribution is 9.10. The van der Waals surface area contributed by atoms with Crippen LogP contribution in [0.5, 0.6) is 0 Å². The average Bonchev–Trinajstić information content (AvgIpc) is 2.24. The molecule has 1 aromatic carbocycles. The molecule has 0 saturated carbocycles. The maximum atomic E-state index is 4.07. The summed E-state index contributed by atoms with van der Waals surface area (Å²) in [6, 6.07) is 6.61. The van der Waals surface area contributed by atoms with Crippen molar-refractivity contribution < 1.29 is 0 Å². The lowest BCUT2D eigenvalue weighted by molar-refractivity contribution is 0.589. The van der Waals surface area contributed by atoms with Crippen LogP contribution in [0.15, 0.2) is 34.8 Å². The van der Waals surface area contributed by atoms with E-state index in [0.717, 1.165) is 18.5 Å². The van der Waals surface area contributed by atoms with Crippen molar-refractivity contribution in [3.05, 3.63) is 46.0 Å². The van der Waals surface area contributed by atoms with E-state index >= 15 is 0 Å². The van der Waals surface area contributed by atoms with E-state index in [0.29, 0.717) is 0 Å². The van der Waals surface area contributed by atoms with Crippen molar-refractivity contribution in [1.29, 1.82) is 0 Å². The van der Waals surface area contributed by atoms with Gasteiger partial charge in [-0.3, -0.25) is 0 Å². The lowest BCUT2D eigenvalue weighted by Crippen LogP contribution is -2.23. The van der Waals surface area contributed by atoms with Crippen molar-refractivity contribution in [3.63, 3.8) is 0 Å². The van der Waals surface area contributed by atoms with Crippen LogP contribution in [-0.2, 0) is 0 Å². The summed E-state index contributed by atoms with van der Waals surface area (Å²) in [5, 5.41) is 3.52. The molecule has 0 saturated heterocycles. The summed E-state index contributed by atoms with van der Waals surface area (Å²) in [5.74, 6) is 0. The predicted octanol–water partition coefficient (Wildman–Crippen LogP) is 4.37. The van der Waals surface area contributed by atoms with Gasteiger partial charge in [0.15, 0.2) is 0 Å². The average molecular weight is 282 g/mol. The first-order valence-corrected chi connectivity index (χ1v) is 6.51. The molecule has 1 unspecified atom stereocenters. The van der Waals surface area contributed by atoms with Crippen molar-refractivity contribution in [2.24, 2.45) is 0 Å². The topological polar surface area (TPSA) is 12.0 Å². The van der Waals surface area contributed by atoms with Gasteiger partial charge in [-0.1, -0.05) is 53.2 Å². The van der Waals surface area contributed by atoms with Gasteiger partial charge in [-0.05, 0) is 37.9 Å². The van der Waals surface area contributed by atoms with Gasteiger partial charge in [0, 0.05) is 4.47 Å². The lowest BCUT2D eigenvalue weighted by atomic mass is 9.99. The molecular formula is C14H20BrN. The Morgan fingerprint density at radius 1 is 1.50 bits per heavy atom. The Kier molecular flexibility index (Phi) is 5.23. The first kappa shape index (κ1) is 13.5. The number of aryl methyl sites for hydroxylation is 1. The van der Waals surface area contributed by atoms with Gasteiger partial charge < -0.3 is 5.32 Å². The van der Waals surface area contributed by atoms with E-state index < -0.39 is 0 Å². The van der Waals surface area contributed by atoms with Gasteiger partial charge in [-0.25, -0.2) is 0 Å². The number of halogens is 1. The maximum Gasteiger partial charge on any atom is 0.0542 e. The van der Waals surface area contributed by atoms with E-state index in [2.05, 4.69) is 66.8 Å². The molecule has 0 bridgehead atoms. The summed E-state index contributed by atoms with van der Waals surface area (Å²) in [6.07, 6.45) is 1.13. The zero-order valence-corrected chi connectivity index (χ0v) is 11.9. The standard InChI is InChI=1S/C14H20BrN/c1-5-9-16-14(10(2)3)12-8-6-7-11(4)13(12)15/h6-8,14,16H,2,5,9H2,1,3-4H3. The van der Waals surface area contributed by atoms with E-state index in [9.17, 15) is 0 Å². The molecule has 0 spiro atoms. The van der Waals surface area contributed by atoms with Crippen molar-refractivity contribution >= 4 is 15.9 Å². The summed E-state index contributed by atoms with van der Waals surface area (Å²) in [5.41, 5.74) is 3.70. The van der Waals surface area contributed by atoms with Gasteiger partial charge in [-0.15, -0.1) is 0 Å². The molecule has 0 heterocycles. The van der Waals surface area contributed by atoms with Gasteiger partial charge in [0.25, 0.3) is 0 Å². The van der Waals surface area contributed by atoms with Crippen molar-refractivity contribution in [1.82, 2.24) is 5.32 Å². The Hall–Kier alpha value is -0.600. The minimum Gasteiger partial charge on any atom is -0.307 e. The molecule has 16 heavy (non-hydrogen) atoms. The van der Waals surface area contributed by atoms with Crippen LogP contribution in [0, 0.1) is 6.92 Å². The molecule has 1 N–H and O–H groups in total. The molecule has 0 amide bonds. The minimum atomic E-state index is 0.245. The third-order valence-electron chi connectivity index (χ3n) is 2.62. The summed E-state index contributed by atoms with van der Waals surface area (Å²) >= 11 is 3.66. The van der Waals surface area contributed by atoms with Crippen molar-refractivity contribution in [2.45, 2.75) is 33.2 Å². The van der Waals surface area contributed by atoms with Crippen molar-refractivity contribution in [2.75, 3.05) is 6.54 Å². The summed E-state index contributed by atoms with van der Waals surface area (Å²) in [7, 11) is 0. The quantitative estimate of drug-likeness (QED) is 0.790. The molecule has 1 rings (SSSR count). The van der Waals surface area contributed by atoms with Gasteiger partial charge in [-0.2, -0.15) is 0 Å². The largest absolute Gasteiger partial charge is 0.307 e. The summed E-state index contributed by atoms with van der Waals surface area (Å²) in [6.45, 7) is 11.4. The molecule has 0 aromatic heterocycles. The SMILES string of the molecule is C=C(C)C(NCCC)c1cccc(C)c1Br. The fourth-order valence-corrected chi connectivity index (χ4v) is 2.22. The highest BCUT2D eigenvalue weighted by Crippen LogP contribution is 2.29. The Labute approximate surface area is 107 Å². The molecule has 88 valence electrons. The number of hydrogen-bond acceptors (Lipinski definition) is 1. The maximum absolute atomic E-state index is 4.07. The van der Waals surface area contributed by atoms with E-state index in [1.807, 2.05) is 0 Å². The van der Waals surface area contributed by atoms with Crippen molar-refractivity contribution in [3.8, 4) is 0 Å². The van der Waals surface area contributed by atoms with Crippen LogP contribution in [0.1, 0.15) is 37.4 Å². The van der Waals surface area contributed by atoms with Crippen LogP contribution < -0.4 is 5.32 Å². The first-order valence-electron chi connectivity index (χ1n) is 5.71. The van der Waals surface area contributed by atoms with E-state index in [4.69, 9.17) is 0 Å². The molecule has 1 nitrogen and oxygen atoms in total. The van der Waals surface area contributed by atoms with Gasteiger partial charge in [0.1, 0.15) is 0 Å². The first-order chi connectivity index (χ1) is 7.57. The van der Waals surface area contributed by atoms with Gasteiger partial charge >= 0.3 is 0 Å². The highest BCUT2D eigenvalue weighted by Gasteiger charge is 2.14. The Morgan fingerprint density at radius 2 is 2.19 bits per heavy atom. The summed E-state index contributed by atoms with van der Waals surface area (Å²) in [4.78, 5) is 0. The van der Waals surface area contributed by atoms with Crippen LogP contribution in [0.4, 0.5) is 0 Å². The number of hydrogen-bond donors (Lipinski definition) is 1. The van der Waals surface area contributed by atoms with Crippen LogP contribution >= 0.6 is 15.9 Å². The molecule has 2 heteroatoms. The second kappa shape index (κ2) is 6.21. The fraction of sp³-hybridized carbons (Fsp3) is 0.429. The zero-order chi connectivity index (χ0) is 12.1. The number of benzene rings is 1. The summed E-state index contributed by atoms with van der Waals surface area (Å²) < 4.78 is 1.19. The molecular weight excluding hydrogens is 262 g/mol.